The molecule has 24 nitrogen and oxygen atoms in total. The molecule has 0 spiro atoms. The SMILES string of the molecule is C=C(N)[C@H](CCCN=C(N)N)NC(=O)c1ccc(Nc2nc(NC3(c4ccc(Cl)cc4)CC3)nc(OCC(F)(F)F)n2)cc1.C=C(O)[C@H](CN=C(N)N)NC(=O)c1ccc(Nc2nc(NC3(c4ccc(Cl)cc4)CC3)nc(OCC(F)(F)F)n2)cc1. The molecule has 0 radical (unpaired) electrons. The Labute approximate surface area is 497 Å². The Hall–Kier alpha value is -9.58. The molecule has 2 aliphatic carbocycles. The van der Waals surface area contributed by atoms with Crippen molar-refractivity contribution in [1.82, 2.24) is 40.5 Å². The number of rotatable bonds is 26. The predicted molar refractivity (Wildman–Crippen MR) is 312 cm³/mol. The van der Waals surface area contributed by atoms with Gasteiger partial charge in [0.05, 0.1) is 23.7 Å². The van der Waals surface area contributed by atoms with Crippen LogP contribution >= 0.6 is 23.2 Å². The molecule has 32 heteroatoms. The number of amides is 2. The number of aliphatic hydroxyl groups excluding tert-OH is 1. The van der Waals surface area contributed by atoms with Gasteiger partial charge in [-0.05, 0) is 122 Å². The number of alkyl halides is 6. The normalized spacial score (nSPS) is 14.2. The van der Waals surface area contributed by atoms with Crippen molar-refractivity contribution in [2.45, 2.75) is 74.0 Å². The van der Waals surface area contributed by atoms with E-state index in [9.17, 15) is 41.0 Å². The first-order valence-corrected chi connectivity index (χ1v) is 26.7. The number of carbonyl (C=O) groups is 2. The number of nitrogens with two attached hydrogens (primary N) is 5. The molecule has 2 fully saturated rings. The number of ether oxygens (including phenoxy) is 2. The van der Waals surface area contributed by atoms with Crippen molar-refractivity contribution in [1.29, 1.82) is 0 Å². The van der Waals surface area contributed by atoms with Gasteiger partial charge in [-0.3, -0.25) is 19.6 Å². The van der Waals surface area contributed by atoms with Crippen molar-refractivity contribution in [2.24, 2.45) is 38.7 Å². The van der Waals surface area contributed by atoms with Crippen LogP contribution in [0.2, 0.25) is 10.0 Å². The van der Waals surface area contributed by atoms with Gasteiger partial charge in [-0.1, -0.05) is 60.6 Å². The number of nitrogens with one attached hydrogen (secondary N) is 6. The number of aliphatic hydroxyl groups is 1. The van der Waals surface area contributed by atoms with E-state index in [0.29, 0.717) is 46.4 Å². The van der Waals surface area contributed by atoms with Crippen LogP contribution < -0.4 is 70.0 Å². The first-order valence-electron chi connectivity index (χ1n) is 25.9. The van der Waals surface area contributed by atoms with E-state index in [1.54, 1.807) is 48.5 Å². The van der Waals surface area contributed by atoms with E-state index in [0.717, 1.165) is 36.8 Å². The molecule has 4 aromatic carbocycles. The van der Waals surface area contributed by atoms with Crippen LogP contribution in [0.1, 0.15) is 70.4 Å². The van der Waals surface area contributed by atoms with Gasteiger partial charge >= 0.3 is 24.4 Å². The number of guanidine groups is 2. The Morgan fingerprint density at radius 2 is 0.965 bits per heavy atom. The van der Waals surface area contributed by atoms with Gasteiger partial charge in [-0.25, -0.2) is 0 Å². The maximum absolute atomic E-state index is 12.9. The summed E-state index contributed by atoms with van der Waals surface area (Å²) in [6.07, 6.45) is -5.17. The Bertz CT molecular complexity index is 3400. The molecule has 2 amide bonds. The number of nitrogens with zero attached hydrogens (tertiary/aromatic N) is 8. The molecule has 456 valence electrons. The lowest BCUT2D eigenvalue weighted by Gasteiger charge is -2.19. The Morgan fingerprint density at radius 1 is 0.581 bits per heavy atom. The van der Waals surface area contributed by atoms with Crippen LogP contribution in [0.5, 0.6) is 12.0 Å². The quantitative estimate of drug-likeness (QED) is 0.00813. The predicted octanol–water partition coefficient (Wildman–Crippen LogP) is 7.69. The van der Waals surface area contributed by atoms with Gasteiger partial charge in [0.15, 0.2) is 25.1 Å². The fourth-order valence-corrected chi connectivity index (χ4v) is 8.23. The monoisotopic (exact) mass is 1240 g/mol. The van der Waals surface area contributed by atoms with Crippen LogP contribution in [0.15, 0.2) is 132 Å². The molecule has 0 unspecified atom stereocenters. The zero-order valence-corrected chi connectivity index (χ0v) is 47.0. The Balaban J connectivity index is 0.000000246. The Kier molecular flexibility index (Phi) is 20.7. The van der Waals surface area contributed by atoms with Crippen LogP contribution in [-0.4, -0.2) is 109 Å². The average Bonchev–Trinajstić information content (AvgIpc) is 1.67. The van der Waals surface area contributed by atoms with Crippen molar-refractivity contribution in [3.8, 4) is 12.0 Å². The number of aliphatic imine (C=N–C) groups is 2. The van der Waals surface area contributed by atoms with Crippen LogP contribution in [0, 0.1) is 0 Å². The number of carbonyl (C=O) groups excluding carboxylic acids is 2. The number of aromatic nitrogens is 6. The molecule has 2 atom stereocenters. The summed E-state index contributed by atoms with van der Waals surface area (Å²) in [7, 11) is 0. The maximum Gasteiger partial charge on any atom is 0.422 e. The molecule has 2 aliphatic rings. The number of halogens is 8. The molecule has 0 saturated heterocycles. The van der Waals surface area contributed by atoms with E-state index in [1.165, 1.54) is 24.3 Å². The fraction of sp³-hybridized carbons (Fsp3) is 0.296. The minimum atomic E-state index is -4.60. The number of hydrogen-bond donors (Lipinski definition) is 12. The molecule has 17 N–H and O–H groups in total. The zero-order valence-electron chi connectivity index (χ0n) is 45.4. The van der Waals surface area contributed by atoms with Gasteiger partial charge in [-0.2, -0.15) is 56.2 Å². The van der Waals surface area contributed by atoms with E-state index < -0.39 is 66.7 Å². The van der Waals surface area contributed by atoms with Crippen molar-refractivity contribution in [3.63, 3.8) is 0 Å². The second-order valence-corrected chi connectivity index (χ2v) is 20.4. The van der Waals surface area contributed by atoms with Crippen molar-refractivity contribution < 1.29 is 50.5 Å². The standard InChI is InChI=1S/C28H32ClF3N10O2.C26H27ClF3N9O3/c1-16(33)21(3-2-14-36-23(34)35)38-22(43)17-4-10-20(11-5-17)37-24-39-25(41-26(40-24)44-15-28(30,31)32)42-27(12-13-27)18-6-8-19(29)9-7-18;1-14(40)19(12-33-21(31)32)35-20(41)15-2-8-18(9-3-15)34-22-36-23(38-24(37-22)42-13-26(28,29)30)39-25(10-11-25)16-4-6-17(27)7-5-16/h4-11,21H,1-3,12-15,33H2,(H,38,43)(H4,34,35,36)(H2,37,39,40,41,42);2-9,19,40H,1,10-13H2,(H,35,41)(H4,31,32,33)(H2,34,36,37,38,39)/t21-;19-/m00/s1. The van der Waals surface area contributed by atoms with Gasteiger partial charge in [0.2, 0.25) is 23.8 Å². The maximum atomic E-state index is 12.9. The lowest BCUT2D eigenvalue weighted by Crippen LogP contribution is -2.39. The van der Waals surface area contributed by atoms with Gasteiger partial charge in [0.25, 0.3) is 11.8 Å². The summed E-state index contributed by atoms with van der Waals surface area (Å²) in [6, 6.07) is 24.2. The topological polar surface area (TPSA) is 377 Å². The van der Waals surface area contributed by atoms with Crippen LogP contribution in [0.25, 0.3) is 0 Å². The summed E-state index contributed by atoms with van der Waals surface area (Å²) in [4.78, 5) is 57.8. The van der Waals surface area contributed by atoms with E-state index in [1.807, 2.05) is 24.3 Å². The molecule has 6 aromatic rings. The highest BCUT2D eigenvalue weighted by atomic mass is 35.5. The lowest BCUT2D eigenvalue weighted by atomic mass is 10.1. The van der Waals surface area contributed by atoms with E-state index in [4.69, 9.17) is 61.3 Å². The molecular weight excluding hydrogens is 1180 g/mol. The number of benzene rings is 4. The average molecular weight is 1240 g/mol. The second kappa shape index (κ2) is 27.9. The van der Waals surface area contributed by atoms with Crippen LogP contribution in [-0.2, 0) is 11.1 Å². The van der Waals surface area contributed by atoms with E-state index in [-0.39, 0.29) is 65.2 Å². The third-order valence-electron chi connectivity index (χ3n) is 12.6. The highest BCUT2D eigenvalue weighted by Crippen LogP contribution is 2.49. The highest BCUT2D eigenvalue weighted by molar-refractivity contribution is 6.30. The minimum absolute atomic E-state index is 0.00386. The van der Waals surface area contributed by atoms with Gasteiger partial charge < -0.3 is 75.1 Å². The lowest BCUT2D eigenvalue weighted by molar-refractivity contribution is -0.155. The smallest absolute Gasteiger partial charge is 0.422 e. The van der Waals surface area contributed by atoms with Gasteiger partial charge in [-0.15, -0.1) is 0 Å². The summed E-state index contributed by atoms with van der Waals surface area (Å²) < 4.78 is 86.7. The molecular formula is C54H59Cl2F6N19O5. The molecule has 0 bridgehead atoms. The molecule has 0 aliphatic heterocycles. The molecule has 86 heavy (non-hydrogen) atoms. The second-order valence-electron chi connectivity index (χ2n) is 19.5. The third-order valence-corrected chi connectivity index (χ3v) is 13.1. The van der Waals surface area contributed by atoms with Crippen molar-refractivity contribution >= 4 is 82.1 Å². The molecule has 8 rings (SSSR count). The fourth-order valence-electron chi connectivity index (χ4n) is 7.98. The van der Waals surface area contributed by atoms with Crippen LogP contribution in [0.4, 0.5) is 61.5 Å². The first-order chi connectivity index (χ1) is 40.6. The number of hydrogen-bond acceptors (Lipinski definition) is 18. The summed E-state index contributed by atoms with van der Waals surface area (Å²) >= 11 is 12.0. The third kappa shape index (κ3) is 19.8. The largest absolute Gasteiger partial charge is 0.511 e. The first kappa shape index (κ1) is 64.0. The van der Waals surface area contributed by atoms with Crippen molar-refractivity contribution in [2.75, 3.05) is 47.6 Å². The summed E-state index contributed by atoms with van der Waals surface area (Å²) in [5.41, 5.74) is 29.6. The molecule has 2 heterocycles. The molecule has 2 aromatic heterocycles. The zero-order chi connectivity index (χ0) is 62.4. The van der Waals surface area contributed by atoms with Crippen LogP contribution in [0.3, 0.4) is 0 Å². The Morgan fingerprint density at radius 3 is 1.31 bits per heavy atom. The highest BCUT2D eigenvalue weighted by Gasteiger charge is 2.46. The van der Waals surface area contributed by atoms with E-state index in [2.05, 4.69) is 84.9 Å². The van der Waals surface area contributed by atoms with E-state index >= 15 is 0 Å². The van der Waals surface area contributed by atoms with Gasteiger partial charge in [0, 0.05) is 44.8 Å². The minimum Gasteiger partial charge on any atom is -0.511 e. The van der Waals surface area contributed by atoms with Gasteiger partial charge in [0.1, 0.15) is 11.8 Å². The molecule has 2 saturated carbocycles. The van der Waals surface area contributed by atoms with Crippen molar-refractivity contribution in [3.05, 3.63) is 154 Å². The number of anilines is 6. The summed E-state index contributed by atoms with van der Waals surface area (Å²) in [6.45, 7) is 4.23. The summed E-state index contributed by atoms with van der Waals surface area (Å²) in [5.74, 6) is -1.64. The summed E-state index contributed by atoms with van der Waals surface area (Å²) in [5, 5.41) is 28.5.